The first-order valence-electron chi connectivity index (χ1n) is 15.8. The molecule has 1 saturated heterocycles. The van der Waals surface area contributed by atoms with Gasteiger partial charge in [-0.25, -0.2) is 0 Å². The molecule has 6 N–H and O–H groups in total. The van der Waals surface area contributed by atoms with E-state index in [1.54, 1.807) is 0 Å². The van der Waals surface area contributed by atoms with Crippen molar-refractivity contribution in [3.8, 4) is 0 Å². The van der Waals surface area contributed by atoms with E-state index in [1.807, 2.05) is 0 Å². The molecule has 1 aliphatic heterocycles. The highest BCUT2D eigenvalue weighted by Gasteiger charge is 2.64. The van der Waals surface area contributed by atoms with Gasteiger partial charge < -0.3 is 40.1 Å². The topological polar surface area (TPSA) is 140 Å². The number of fused-ring (bicyclic) bond motifs is 5. The average Bonchev–Trinajstić information content (AvgIpc) is 3.17. The van der Waals surface area contributed by atoms with E-state index in [0.717, 1.165) is 38.5 Å². The van der Waals surface area contributed by atoms with Gasteiger partial charge in [0.25, 0.3) is 0 Å². The van der Waals surface area contributed by atoms with Crippen LogP contribution in [0.25, 0.3) is 0 Å². The lowest BCUT2D eigenvalue weighted by Gasteiger charge is -2.60. The predicted octanol–water partition coefficient (Wildman–Crippen LogP) is 2.76. The molecule has 0 aromatic rings. The minimum absolute atomic E-state index is 0.0261. The second-order valence-electron chi connectivity index (χ2n) is 14.9. The van der Waals surface area contributed by atoms with E-state index >= 15 is 0 Å². The number of rotatable bonds is 7. The molecule has 8 nitrogen and oxygen atoms in total. The lowest BCUT2D eigenvalue weighted by molar-refractivity contribution is -0.300. The average molecular weight is 567 g/mol. The molecular formula is C32H54O8. The lowest BCUT2D eigenvalue weighted by atomic mass is 9.46. The molecule has 0 aromatic carbocycles. The molecule has 230 valence electrons. The Labute approximate surface area is 239 Å². The van der Waals surface area contributed by atoms with Crippen LogP contribution < -0.4 is 0 Å². The summed E-state index contributed by atoms with van der Waals surface area (Å²) in [6.45, 7) is 11.0. The Balaban J connectivity index is 1.39. The van der Waals surface area contributed by atoms with Gasteiger partial charge >= 0.3 is 0 Å². The normalized spacial score (nSPS) is 50.5. The zero-order valence-electron chi connectivity index (χ0n) is 25.0. The SMILES string of the molecule is CC(C)CC[C@H](O)[C@@H](C)[C@H]1[C@@H](O)C[C@H]2[C@@H]3CC=C4C[C@@H](O)C[C@@H](O[C@@H]5OC[C@H](O)[C@H](O)[C@H]5O)[C@]4(C)[C@H]3CC[C@]12C. The van der Waals surface area contributed by atoms with E-state index in [1.165, 1.54) is 5.57 Å². The molecule has 15 atom stereocenters. The molecule has 5 aliphatic rings. The predicted molar refractivity (Wildman–Crippen MR) is 150 cm³/mol. The van der Waals surface area contributed by atoms with Gasteiger partial charge in [-0.3, -0.25) is 0 Å². The minimum Gasteiger partial charge on any atom is -0.393 e. The Morgan fingerprint density at radius 3 is 2.40 bits per heavy atom. The monoisotopic (exact) mass is 566 g/mol. The van der Waals surface area contributed by atoms with Crippen molar-refractivity contribution in [3.63, 3.8) is 0 Å². The summed E-state index contributed by atoms with van der Waals surface area (Å²) in [7, 11) is 0. The number of aliphatic hydroxyl groups excluding tert-OH is 6. The van der Waals surface area contributed by atoms with Gasteiger partial charge in [0.15, 0.2) is 6.29 Å². The molecule has 1 heterocycles. The van der Waals surface area contributed by atoms with Crippen LogP contribution in [0.4, 0.5) is 0 Å². The van der Waals surface area contributed by atoms with Crippen molar-refractivity contribution in [1.82, 2.24) is 0 Å². The van der Waals surface area contributed by atoms with Gasteiger partial charge in [-0.15, -0.1) is 0 Å². The summed E-state index contributed by atoms with van der Waals surface area (Å²) in [6.07, 6.45) is 1.84. The van der Waals surface area contributed by atoms with E-state index in [9.17, 15) is 30.6 Å². The minimum atomic E-state index is -1.37. The van der Waals surface area contributed by atoms with E-state index in [2.05, 4.69) is 40.7 Å². The number of ether oxygens (including phenoxy) is 2. The fourth-order valence-electron chi connectivity index (χ4n) is 9.94. The molecule has 8 heteroatoms. The van der Waals surface area contributed by atoms with Crippen LogP contribution >= 0.6 is 0 Å². The van der Waals surface area contributed by atoms with Crippen molar-refractivity contribution in [1.29, 1.82) is 0 Å². The molecule has 0 bridgehead atoms. The standard InChI is InChI=1S/C32H54O8/c1-16(2)6-9-23(34)17(3)27-24(35)14-22-20-8-7-18-12-19(33)13-26(32(18,5)21(20)10-11-31(22,27)4)40-30-29(38)28(37)25(36)15-39-30/h7,16-17,19-30,33-38H,6,8-15H2,1-5H3/t17-,19-,20-,21+,22+,23+,24+,25+,26-,27+,28+,29-,30+,31+,32+/m1/s1. The van der Waals surface area contributed by atoms with Crippen LogP contribution in [0.2, 0.25) is 0 Å². The van der Waals surface area contributed by atoms with Crippen LogP contribution in [-0.2, 0) is 9.47 Å². The summed E-state index contributed by atoms with van der Waals surface area (Å²) in [5.74, 6) is 1.57. The Hall–Kier alpha value is -0.580. The van der Waals surface area contributed by atoms with Gasteiger partial charge in [-0.2, -0.15) is 0 Å². The zero-order valence-corrected chi connectivity index (χ0v) is 25.0. The second-order valence-corrected chi connectivity index (χ2v) is 14.9. The third-order valence-corrected chi connectivity index (χ3v) is 12.2. The summed E-state index contributed by atoms with van der Waals surface area (Å²) < 4.78 is 12.1. The fourth-order valence-corrected chi connectivity index (χ4v) is 9.94. The maximum Gasteiger partial charge on any atom is 0.186 e. The number of hydrogen-bond acceptors (Lipinski definition) is 8. The van der Waals surface area contributed by atoms with Gasteiger partial charge in [-0.1, -0.05) is 46.3 Å². The van der Waals surface area contributed by atoms with Crippen LogP contribution in [0.5, 0.6) is 0 Å². The number of aliphatic hydroxyl groups is 6. The van der Waals surface area contributed by atoms with Gasteiger partial charge in [0, 0.05) is 11.8 Å². The van der Waals surface area contributed by atoms with E-state index < -0.39 is 49.0 Å². The molecule has 0 unspecified atom stereocenters. The fraction of sp³-hybridized carbons (Fsp3) is 0.938. The first-order chi connectivity index (χ1) is 18.8. The quantitative estimate of drug-likeness (QED) is 0.259. The van der Waals surface area contributed by atoms with Crippen LogP contribution in [0.1, 0.15) is 86.0 Å². The van der Waals surface area contributed by atoms with Crippen molar-refractivity contribution in [2.75, 3.05) is 6.61 Å². The smallest absolute Gasteiger partial charge is 0.186 e. The van der Waals surface area contributed by atoms with Crippen LogP contribution in [0, 0.1) is 46.3 Å². The van der Waals surface area contributed by atoms with Gasteiger partial charge in [0.1, 0.15) is 18.3 Å². The highest BCUT2D eigenvalue weighted by molar-refractivity contribution is 5.28. The van der Waals surface area contributed by atoms with E-state index in [4.69, 9.17) is 9.47 Å². The van der Waals surface area contributed by atoms with Gasteiger partial charge in [0.05, 0.1) is 31.0 Å². The van der Waals surface area contributed by atoms with Crippen LogP contribution in [0.15, 0.2) is 11.6 Å². The first kappa shape index (κ1) is 30.9. The molecule has 0 radical (unpaired) electrons. The van der Waals surface area contributed by atoms with Crippen molar-refractivity contribution in [3.05, 3.63) is 11.6 Å². The van der Waals surface area contributed by atoms with E-state index in [-0.39, 0.29) is 35.2 Å². The molecule has 5 rings (SSSR count). The summed E-state index contributed by atoms with van der Waals surface area (Å²) >= 11 is 0. The highest BCUT2D eigenvalue weighted by atomic mass is 16.7. The highest BCUT2D eigenvalue weighted by Crippen LogP contribution is 2.67. The summed E-state index contributed by atoms with van der Waals surface area (Å²) in [5, 5.41) is 64.2. The van der Waals surface area contributed by atoms with Gasteiger partial charge in [0.2, 0.25) is 0 Å². The Morgan fingerprint density at radius 2 is 1.70 bits per heavy atom. The first-order valence-corrected chi connectivity index (χ1v) is 15.8. The molecule has 0 amide bonds. The summed E-state index contributed by atoms with van der Waals surface area (Å²) in [6, 6.07) is 0. The van der Waals surface area contributed by atoms with Crippen molar-refractivity contribution < 1.29 is 40.1 Å². The number of allylic oxidation sites excluding steroid dienone is 1. The van der Waals surface area contributed by atoms with Gasteiger partial charge in [-0.05, 0) is 85.9 Å². The third-order valence-electron chi connectivity index (χ3n) is 12.2. The summed E-state index contributed by atoms with van der Waals surface area (Å²) in [5.41, 5.74) is 0.757. The molecule has 4 fully saturated rings. The Bertz CT molecular complexity index is 925. The van der Waals surface area contributed by atoms with Crippen molar-refractivity contribution >= 4 is 0 Å². The maximum absolute atomic E-state index is 11.5. The second kappa shape index (κ2) is 11.5. The van der Waals surface area contributed by atoms with E-state index in [0.29, 0.717) is 30.6 Å². The number of hydrogen-bond donors (Lipinski definition) is 6. The largest absolute Gasteiger partial charge is 0.393 e. The zero-order chi connectivity index (χ0) is 29.1. The Morgan fingerprint density at radius 1 is 0.975 bits per heavy atom. The Kier molecular flexibility index (Phi) is 8.87. The van der Waals surface area contributed by atoms with Crippen LogP contribution in [0.3, 0.4) is 0 Å². The third kappa shape index (κ3) is 5.12. The summed E-state index contributed by atoms with van der Waals surface area (Å²) in [4.78, 5) is 0. The molecule has 0 spiro atoms. The lowest BCUT2D eigenvalue weighted by Crippen LogP contribution is -2.60. The molecule has 3 saturated carbocycles. The molecule has 4 aliphatic carbocycles. The molecule has 40 heavy (non-hydrogen) atoms. The van der Waals surface area contributed by atoms with Crippen molar-refractivity contribution in [2.24, 2.45) is 46.3 Å². The maximum atomic E-state index is 11.5. The molecule has 0 aromatic heterocycles. The van der Waals surface area contributed by atoms with Crippen LogP contribution in [-0.4, -0.2) is 86.3 Å². The molecular weight excluding hydrogens is 512 g/mol. The van der Waals surface area contributed by atoms with Crippen molar-refractivity contribution in [2.45, 2.75) is 135 Å².